The molecule has 0 aliphatic carbocycles. The number of carbonyl (C=O) groups excluding carboxylic acids is 3. The molecule has 2 N–H and O–H groups in total. The van der Waals surface area contributed by atoms with Crippen molar-refractivity contribution >= 4 is 29.5 Å². The first-order valence-electron chi connectivity index (χ1n) is 10.7. The highest BCUT2D eigenvalue weighted by atomic mass is 19.3. The van der Waals surface area contributed by atoms with E-state index in [9.17, 15) is 37.5 Å². The average molecular weight is 507 g/mol. The van der Waals surface area contributed by atoms with Gasteiger partial charge in [0, 0.05) is 23.6 Å². The van der Waals surface area contributed by atoms with Crippen LogP contribution in [0.2, 0.25) is 0 Å². The summed E-state index contributed by atoms with van der Waals surface area (Å²) < 4.78 is 48.5. The Bertz CT molecular complexity index is 1250. The zero-order valence-electron chi connectivity index (χ0n) is 18.8. The number of hydrogen-bond donors (Lipinski definition) is 2. The van der Waals surface area contributed by atoms with Gasteiger partial charge in [-0.3, -0.25) is 24.6 Å². The van der Waals surface area contributed by atoms with E-state index in [-0.39, 0.29) is 42.9 Å². The SMILES string of the molecule is COc1cc(CN(C(=O)O)c2ccc(F)c(OC(F)F)c2)cc2c1CN(C1CCC(=O)NC1=O)C2=O. The van der Waals surface area contributed by atoms with Gasteiger partial charge >= 0.3 is 12.7 Å². The summed E-state index contributed by atoms with van der Waals surface area (Å²) in [6.07, 6.45) is -1.22. The quantitative estimate of drug-likeness (QED) is 0.552. The van der Waals surface area contributed by atoms with Gasteiger partial charge in [0.25, 0.3) is 5.91 Å². The number of carboxylic acid groups (broad SMARTS) is 1. The fourth-order valence-electron chi connectivity index (χ4n) is 4.26. The van der Waals surface area contributed by atoms with Crippen LogP contribution >= 0.6 is 0 Å². The van der Waals surface area contributed by atoms with Crippen LogP contribution in [-0.4, -0.2) is 53.6 Å². The second kappa shape index (κ2) is 9.76. The maximum Gasteiger partial charge on any atom is 0.412 e. The summed E-state index contributed by atoms with van der Waals surface area (Å²) in [7, 11) is 1.36. The van der Waals surface area contributed by atoms with E-state index >= 15 is 0 Å². The normalized spacial score (nSPS) is 17.2. The predicted octanol–water partition coefficient (Wildman–Crippen LogP) is 2.88. The molecule has 2 aliphatic heterocycles. The summed E-state index contributed by atoms with van der Waals surface area (Å²) in [6, 6.07) is 4.82. The van der Waals surface area contributed by atoms with E-state index in [2.05, 4.69) is 10.1 Å². The Morgan fingerprint density at radius 1 is 1.22 bits per heavy atom. The van der Waals surface area contributed by atoms with E-state index in [0.717, 1.165) is 23.1 Å². The van der Waals surface area contributed by atoms with E-state index < -0.39 is 48.0 Å². The van der Waals surface area contributed by atoms with Crippen LogP contribution in [0.4, 0.5) is 23.7 Å². The molecule has 0 radical (unpaired) electrons. The molecular formula is C23H20F3N3O7. The molecule has 2 aliphatic rings. The van der Waals surface area contributed by atoms with Crippen LogP contribution in [0.25, 0.3) is 0 Å². The highest BCUT2D eigenvalue weighted by molar-refractivity contribution is 6.05. The fourth-order valence-corrected chi connectivity index (χ4v) is 4.26. The third-order valence-electron chi connectivity index (χ3n) is 5.91. The van der Waals surface area contributed by atoms with Gasteiger partial charge in [-0.05, 0) is 36.2 Å². The molecule has 0 spiro atoms. The molecule has 4 rings (SSSR count). The second-order valence-corrected chi connectivity index (χ2v) is 8.09. The number of nitrogens with one attached hydrogen (secondary N) is 1. The van der Waals surface area contributed by atoms with Gasteiger partial charge in [0.1, 0.15) is 11.8 Å². The Morgan fingerprint density at radius 2 is 1.97 bits per heavy atom. The van der Waals surface area contributed by atoms with Crippen molar-refractivity contribution in [2.24, 2.45) is 0 Å². The van der Waals surface area contributed by atoms with E-state index in [0.29, 0.717) is 11.1 Å². The lowest BCUT2D eigenvalue weighted by Gasteiger charge is -2.29. The number of carbonyl (C=O) groups is 4. The van der Waals surface area contributed by atoms with E-state index in [1.165, 1.54) is 24.1 Å². The Labute approximate surface area is 202 Å². The molecule has 13 heteroatoms. The van der Waals surface area contributed by atoms with Gasteiger partial charge in [0.05, 0.1) is 25.9 Å². The minimum absolute atomic E-state index is 0.0544. The summed E-state index contributed by atoms with van der Waals surface area (Å²) in [5.41, 5.74) is 0.857. The third-order valence-corrected chi connectivity index (χ3v) is 5.91. The smallest absolute Gasteiger partial charge is 0.412 e. The predicted molar refractivity (Wildman–Crippen MR) is 116 cm³/mol. The zero-order chi connectivity index (χ0) is 26.1. The number of methoxy groups -OCH3 is 1. The van der Waals surface area contributed by atoms with Gasteiger partial charge in [0.15, 0.2) is 11.6 Å². The highest BCUT2D eigenvalue weighted by Crippen LogP contribution is 2.36. The standard InChI is InChI=1S/C23H20F3N3O7/c1-35-17-7-11(9-28(23(33)34)12-2-3-15(24)18(8-12)36-22(25)26)6-13-14(17)10-29(21(13)32)16-4-5-19(30)27-20(16)31/h2-3,6-8,16,22H,4-5,9-10H2,1H3,(H,33,34)(H,27,30,31). The molecule has 0 bridgehead atoms. The summed E-state index contributed by atoms with van der Waals surface area (Å²) >= 11 is 0. The van der Waals surface area contributed by atoms with Gasteiger partial charge in [-0.1, -0.05) is 0 Å². The highest BCUT2D eigenvalue weighted by Gasteiger charge is 2.40. The molecule has 190 valence electrons. The molecule has 0 aromatic heterocycles. The number of imide groups is 1. The average Bonchev–Trinajstić information content (AvgIpc) is 3.14. The van der Waals surface area contributed by atoms with Crippen LogP contribution in [0.15, 0.2) is 30.3 Å². The van der Waals surface area contributed by atoms with Crippen LogP contribution in [0.3, 0.4) is 0 Å². The summed E-state index contributed by atoms with van der Waals surface area (Å²) in [5, 5.41) is 11.9. The first-order chi connectivity index (χ1) is 17.1. The second-order valence-electron chi connectivity index (χ2n) is 8.09. The number of nitrogens with zero attached hydrogens (tertiary/aromatic N) is 2. The van der Waals surface area contributed by atoms with Crippen molar-refractivity contribution in [2.45, 2.75) is 38.6 Å². The molecule has 4 amide bonds. The van der Waals surface area contributed by atoms with Gasteiger partial charge in [-0.2, -0.15) is 8.78 Å². The van der Waals surface area contributed by atoms with Gasteiger partial charge in [0.2, 0.25) is 11.8 Å². The van der Waals surface area contributed by atoms with Crippen molar-refractivity contribution in [3.8, 4) is 11.5 Å². The topological polar surface area (TPSA) is 125 Å². The molecule has 1 atom stereocenters. The van der Waals surface area contributed by atoms with Gasteiger partial charge in [-0.15, -0.1) is 0 Å². The van der Waals surface area contributed by atoms with Crippen molar-refractivity contribution in [2.75, 3.05) is 12.0 Å². The minimum Gasteiger partial charge on any atom is -0.496 e. The van der Waals surface area contributed by atoms with Crippen molar-refractivity contribution < 1.29 is 46.9 Å². The number of hydrogen-bond acceptors (Lipinski definition) is 6. The first kappa shape index (κ1) is 24.8. The van der Waals surface area contributed by atoms with Crippen molar-refractivity contribution in [3.05, 3.63) is 52.8 Å². The van der Waals surface area contributed by atoms with E-state index in [4.69, 9.17) is 4.74 Å². The lowest BCUT2D eigenvalue weighted by Crippen LogP contribution is -2.52. The molecule has 36 heavy (non-hydrogen) atoms. The Balaban J connectivity index is 1.64. The Hall–Kier alpha value is -4.29. The number of ether oxygens (including phenoxy) is 2. The Morgan fingerprint density at radius 3 is 2.61 bits per heavy atom. The molecule has 2 aromatic carbocycles. The molecule has 10 nitrogen and oxygen atoms in total. The number of piperidine rings is 1. The molecular weight excluding hydrogens is 487 g/mol. The minimum atomic E-state index is -3.31. The fraction of sp³-hybridized carbons (Fsp3) is 0.304. The van der Waals surface area contributed by atoms with Crippen molar-refractivity contribution in [1.82, 2.24) is 10.2 Å². The number of halogens is 3. The summed E-state index contributed by atoms with van der Waals surface area (Å²) in [5.74, 6) is -3.13. The number of anilines is 1. The number of rotatable bonds is 7. The monoisotopic (exact) mass is 507 g/mol. The molecule has 2 heterocycles. The molecule has 1 saturated heterocycles. The van der Waals surface area contributed by atoms with Crippen molar-refractivity contribution in [3.63, 3.8) is 0 Å². The summed E-state index contributed by atoms with van der Waals surface area (Å²) in [6.45, 7) is -3.60. The van der Waals surface area contributed by atoms with Crippen molar-refractivity contribution in [1.29, 1.82) is 0 Å². The number of fused-ring (bicyclic) bond motifs is 1. The van der Waals surface area contributed by atoms with Crippen LogP contribution < -0.4 is 19.7 Å². The van der Waals surface area contributed by atoms with Crippen LogP contribution in [0, 0.1) is 5.82 Å². The van der Waals surface area contributed by atoms with Crippen LogP contribution in [0.5, 0.6) is 11.5 Å². The first-order valence-corrected chi connectivity index (χ1v) is 10.7. The maximum absolute atomic E-state index is 13.8. The maximum atomic E-state index is 13.8. The number of amides is 4. The van der Waals surface area contributed by atoms with Gasteiger partial charge < -0.3 is 19.5 Å². The third kappa shape index (κ3) is 4.76. The molecule has 2 aromatic rings. The van der Waals surface area contributed by atoms with Crippen LogP contribution in [-0.2, 0) is 22.7 Å². The van der Waals surface area contributed by atoms with E-state index in [1.807, 2.05) is 0 Å². The molecule has 0 saturated carbocycles. The largest absolute Gasteiger partial charge is 0.496 e. The molecule has 1 unspecified atom stereocenters. The number of benzene rings is 2. The summed E-state index contributed by atoms with van der Waals surface area (Å²) in [4.78, 5) is 51.0. The lowest BCUT2D eigenvalue weighted by atomic mass is 10.0. The van der Waals surface area contributed by atoms with E-state index in [1.54, 1.807) is 0 Å². The van der Waals surface area contributed by atoms with Gasteiger partial charge in [-0.25, -0.2) is 9.18 Å². The Kier molecular flexibility index (Phi) is 6.73. The van der Waals surface area contributed by atoms with Crippen LogP contribution in [0.1, 0.15) is 34.3 Å². The number of alkyl halides is 2. The molecule has 1 fully saturated rings. The zero-order valence-corrected chi connectivity index (χ0v) is 18.8. The lowest BCUT2D eigenvalue weighted by molar-refractivity contribution is -0.136.